The molecule has 0 aliphatic rings. The Morgan fingerprint density at radius 1 is 1.36 bits per heavy atom. The quantitative estimate of drug-likeness (QED) is 0.480. The summed E-state index contributed by atoms with van der Waals surface area (Å²) in [4.78, 5) is 21.8. The molecular formula is C9H9NO4. The SMILES string of the molecule is CC(=O)c1cc(O)cc(N)c1C(=O)O. The molecule has 0 heterocycles. The summed E-state index contributed by atoms with van der Waals surface area (Å²) in [6.45, 7) is 1.21. The molecule has 0 radical (unpaired) electrons. The lowest BCUT2D eigenvalue weighted by Crippen LogP contribution is -2.09. The van der Waals surface area contributed by atoms with Gasteiger partial charge < -0.3 is 15.9 Å². The second-order valence-electron chi connectivity index (χ2n) is 2.82. The third kappa shape index (κ3) is 1.66. The van der Waals surface area contributed by atoms with Crippen LogP contribution in [0.4, 0.5) is 5.69 Å². The topological polar surface area (TPSA) is 101 Å². The minimum Gasteiger partial charge on any atom is -0.508 e. The minimum absolute atomic E-state index is 0.0880. The third-order valence-corrected chi connectivity index (χ3v) is 1.75. The van der Waals surface area contributed by atoms with E-state index in [1.165, 1.54) is 6.92 Å². The van der Waals surface area contributed by atoms with Gasteiger partial charge in [0, 0.05) is 11.6 Å². The number of nitrogens with two attached hydrogens (primary N) is 1. The van der Waals surface area contributed by atoms with Crippen LogP contribution >= 0.6 is 0 Å². The van der Waals surface area contributed by atoms with E-state index < -0.39 is 11.8 Å². The van der Waals surface area contributed by atoms with Crippen molar-refractivity contribution in [3.05, 3.63) is 23.3 Å². The van der Waals surface area contributed by atoms with Crippen LogP contribution in [0.2, 0.25) is 0 Å². The van der Waals surface area contributed by atoms with Crippen molar-refractivity contribution in [3.63, 3.8) is 0 Å². The fraction of sp³-hybridized carbons (Fsp3) is 0.111. The maximum absolute atomic E-state index is 11.0. The molecule has 1 aromatic rings. The molecule has 74 valence electrons. The van der Waals surface area contributed by atoms with Crippen molar-refractivity contribution in [2.75, 3.05) is 5.73 Å². The summed E-state index contributed by atoms with van der Waals surface area (Å²) in [6, 6.07) is 2.18. The summed E-state index contributed by atoms with van der Waals surface area (Å²) < 4.78 is 0. The van der Waals surface area contributed by atoms with E-state index in [1.807, 2.05) is 0 Å². The average molecular weight is 195 g/mol. The van der Waals surface area contributed by atoms with Gasteiger partial charge in [-0.25, -0.2) is 4.79 Å². The standard InChI is InChI=1S/C9H9NO4/c1-4(11)6-2-5(12)3-7(10)8(6)9(13)14/h2-3,12H,10H2,1H3,(H,13,14). The van der Waals surface area contributed by atoms with E-state index in [4.69, 9.17) is 15.9 Å². The van der Waals surface area contributed by atoms with Crippen LogP contribution in [0.1, 0.15) is 27.6 Å². The zero-order valence-corrected chi connectivity index (χ0v) is 7.44. The first kappa shape index (κ1) is 10.0. The van der Waals surface area contributed by atoms with Gasteiger partial charge in [-0.15, -0.1) is 0 Å². The van der Waals surface area contributed by atoms with Crippen molar-refractivity contribution in [1.82, 2.24) is 0 Å². The molecular weight excluding hydrogens is 186 g/mol. The number of phenols is 1. The van der Waals surface area contributed by atoms with Gasteiger partial charge in [-0.1, -0.05) is 0 Å². The van der Waals surface area contributed by atoms with Crippen LogP contribution in [-0.4, -0.2) is 22.0 Å². The molecule has 5 heteroatoms. The highest BCUT2D eigenvalue weighted by Crippen LogP contribution is 2.24. The number of rotatable bonds is 2. The molecule has 0 fully saturated rings. The summed E-state index contributed by atoms with van der Waals surface area (Å²) in [6.07, 6.45) is 0. The number of anilines is 1. The van der Waals surface area contributed by atoms with Crippen LogP contribution in [-0.2, 0) is 0 Å². The molecule has 0 amide bonds. The number of aromatic carboxylic acids is 1. The maximum atomic E-state index is 11.0. The van der Waals surface area contributed by atoms with Crippen LogP contribution in [0.5, 0.6) is 5.75 Å². The van der Waals surface area contributed by atoms with E-state index in [9.17, 15) is 9.59 Å². The van der Waals surface area contributed by atoms with Crippen molar-refractivity contribution in [2.24, 2.45) is 0 Å². The number of carbonyl (C=O) groups excluding carboxylic acids is 1. The number of carbonyl (C=O) groups is 2. The van der Waals surface area contributed by atoms with Crippen LogP contribution < -0.4 is 5.73 Å². The van der Waals surface area contributed by atoms with E-state index in [0.717, 1.165) is 12.1 Å². The number of hydrogen-bond acceptors (Lipinski definition) is 4. The second-order valence-corrected chi connectivity index (χ2v) is 2.82. The Hall–Kier alpha value is -2.04. The molecule has 1 rings (SSSR count). The molecule has 0 aromatic heterocycles. The van der Waals surface area contributed by atoms with Gasteiger partial charge in [0.2, 0.25) is 0 Å². The van der Waals surface area contributed by atoms with E-state index in [0.29, 0.717) is 0 Å². The highest BCUT2D eigenvalue weighted by molar-refractivity contribution is 6.08. The predicted molar refractivity (Wildman–Crippen MR) is 49.5 cm³/mol. The Bertz CT molecular complexity index is 412. The third-order valence-electron chi connectivity index (χ3n) is 1.75. The molecule has 0 atom stereocenters. The van der Waals surface area contributed by atoms with Crippen molar-refractivity contribution >= 4 is 17.4 Å². The Morgan fingerprint density at radius 3 is 2.36 bits per heavy atom. The van der Waals surface area contributed by atoms with E-state index in [2.05, 4.69) is 0 Å². The monoisotopic (exact) mass is 195 g/mol. The summed E-state index contributed by atoms with van der Waals surface area (Å²) >= 11 is 0. The van der Waals surface area contributed by atoms with Crippen molar-refractivity contribution in [3.8, 4) is 5.75 Å². The highest BCUT2D eigenvalue weighted by atomic mass is 16.4. The summed E-state index contributed by atoms with van der Waals surface area (Å²) in [5, 5.41) is 17.9. The van der Waals surface area contributed by atoms with Crippen molar-refractivity contribution in [2.45, 2.75) is 6.92 Å². The van der Waals surface area contributed by atoms with Gasteiger partial charge in [-0.3, -0.25) is 4.79 Å². The lowest BCUT2D eigenvalue weighted by molar-refractivity contribution is 0.0693. The van der Waals surface area contributed by atoms with Gasteiger partial charge in [-0.05, 0) is 13.0 Å². The minimum atomic E-state index is -1.28. The molecule has 0 saturated heterocycles. The molecule has 0 bridgehead atoms. The molecule has 0 aliphatic heterocycles. The van der Waals surface area contributed by atoms with Crippen LogP contribution in [0.3, 0.4) is 0 Å². The van der Waals surface area contributed by atoms with Crippen molar-refractivity contribution < 1.29 is 19.8 Å². The molecule has 0 spiro atoms. The zero-order chi connectivity index (χ0) is 10.9. The van der Waals surface area contributed by atoms with Crippen molar-refractivity contribution in [1.29, 1.82) is 0 Å². The molecule has 1 aromatic carbocycles. The number of carboxylic acid groups (broad SMARTS) is 1. The number of benzene rings is 1. The Labute approximate surface area is 79.8 Å². The fourth-order valence-electron chi connectivity index (χ4n) is 1.17. The molecule has 0 unspecified atom stereocenters. The van der Waals surface area contributed by atoms with Gasteiger partial charge in [0.05, 0.1) is 11.3 Å². The molecule has 14 heavy (non-hydrogen) atoms. The number of hydrogen-bond donors (Lipinski definition) is 3. The largest absolute Gasteiger partial charge is 0.508 e. The predicted octanol–water partition coefficient (Wildman–Crippen LogP) is 0.875. The number of carboxylic acids is 1. The fourth-order valence-corrected chi connectivity index (χ4v) is 1.17. The Balaban J connectivity index is 3.52. The molecule has 4 N–H and O–H groups in total. The zero-order valence-electron chi connectivity index (χ0n) is 7.44. The van der Waals surface area contributed by atoms with E-state index in [-0.39, 0.29) is 22.6 Å². The molecule has 5 nitrogen and oxygen atoms in total. The lowest BCUT2D eigenvalue weighted by Gasteiger charge is -2.06. The first-order valence-electron chi connectivity index (χ1n) is 3.80. The average Bonchev–Trinajstić information content (AvgIpc) is 2.01. The highest BCUT2D eigenvalue weighted by Gasteiger charge is 2.18. The van der Waals surface area contributed by atoms with Gasteiger partial charge >= 0.3 is 5.97 Å². The van der Waals surface area contributed by atoms with Crippen LogP contribution in [0.15, 0.2) is 12.1 Å². The van der Waals surface area contributed by atoms with Gasteiger partial charge in [0.1, 0.15) is 5.75 Å². The number of phenolic OH excluding ortho intramolecular Hbond substituents is 1. The summed E-state index contributed by atoms with van der Waals surface area (Å²) in [7, 11) is 0. The van der Waals surface area contributed by atoms with Crippen LogP contribution in [0.25, 0.3) is 0 Å². The Morgan fingerprint density at radius 2 is 1.93 bits per heavy atom. The first-order valence-corrected chi connectivity index (χ1v) is 3.80. The lowest BCUT2D eigenvalue weighted by atomic mass is 10.0. The van der Waals surface area contributed by atoms with E-state index in [1.54, 1.807) is 0 Å². The van der Waals surface area contributed by atoms with Crippen LogP contribution in [0, 0.1) is 0 Å². The number of aromatic hydroxyl groups is 1. The summed E-state index contributed by atoms with van der Waals surface area (Å²) in [5.74, 6) is -1.96. The molecule has 0 aliphatic carbocycles. The first-order chi connectivity index (χ1) is 6.43. The maximum Gasteiger partial charge on any atom is 0.338 e. The second kappa shape index (κ2) is 3.37. The van der Waals surface area contributed by atoms with E-state index >= 15 is 0 Å². The normalized spacial score (nSPS) is 9.79. The Kier molecular flexibility index (Phi) is 2.42. The van der Waals surface area contributed by atoms with Gasteiger partial charge in [0.25, 0.3) is 0 Å². The number of ketones is 1. The number of Topliss-reactive ketones (excluding diaryl/α,β-unsaturated/α-hetero) is 1. The molecule has 0 saturated carbocycles. The smallest absolute Gasteiger partial charge is 0.338 e. The van der Waals surface area contributed by atoms with Gasteiger partial charge in [-0.2, -0.15) is 0 Å². The summed E-state index contributed by atoms with van der Waals surface area (Å²) in [5.41, 5.74) is 4.89. The van der Waals surface area contributed by atoms with Gasteiger partial charge in [0.15, 0.2) is 5.78 Å². The number of nitrogen functional groups attached to an aromatic ring is 1.